The van der Waals surface area contributed by atoms with Crippen molar-refractivity contribution in [2.24, 2.45) is 0 Å². The summed E-state index contributed by atoms with van der Waals surface area (Å²) in [7, 11) is 2.84. The number of ether oxygens (including phenoxy) is 2. The Morgan fingerprint density at radius 2 is 2.00 bits per heavy atom. The van der Waals surface area contributed by atoms with Crippen molar-refractivity contribution in [1.29, 1.82) is 0 Å². The summed E-state index contributed by atoms with van der Waals surface area (Å²) in [5.41, 5.74) is -0.702. The van der Waals surface area contributed by atoms with E-state index in [2.05, 4.69) is 5.32 Å². The van der Waals surface area contributed by atoms with E-state index in [4.69, 9.17) is 9.47 Å². The van der Waals surface area contributed by atoms with Crippen LogP contribution in [0.5, 0.6) is 0 Å². The molecule has 7 nitrogen and oxygen atoms in total. The molecular weight excluding hydrogens is 271 g/mol. The number of nitro benzene ring substituents is 1. The van der Waals surface area contributed by atoms with Gasteiger partial charge in [-0.2, -0.15) is 4.39 Å². The number of carbonyl (C=O) groups excluding carboxylic acids is 1. The molecule has 0 aromatic heterocycles. The lowest BCUT2D eigenvalue weighted by Gasteiger charge is -2.22. The SMILES string of the molecule is COC(OC)C(C)NC(=O)c1ccc([N+](=O)[O-])c(F)c1. The maximum atomic E-state index is 13.4. The summed E-state index contributed by atoms with van der Waals surface area (Å²) in [5, 5.41) is 13.0. The standard InChI is InChI=1S/C12H15FN2O5/c1-7(12(19-2)20-3)14-11(16)8-4-5-10(15(17)18)9(13)6-8/h4-7,12H,1-3H3,(H,14,16). The fourth-order valence-corrected chi connectivity index (χ4v) is 1.66. The van der Waals surface area contributed by atoms with E-state index < -0.39 is 34.7 Å². The monoisotopic (exact) mass is 286 g/mol. The molecule has 1 aromatic rings. The largest absolute Gasteiger partial charge is 0.354 e. The summed E-state index contributed by atoms with van der Waals surface area (Å²) < 4.78 is 23.4. The van der Waals surface area contributed by atoms with Crippen LogP contribution in [0.15, 0.2) is 18.2 Å². The maximum Gasteiger partial charge on any atom is 0.304 e. The fraction of sp³-hybridized carbons (Fsp3) is 0.417. The molecule has 20 heavy (non-hydrogen) atoms. The van der Waals surface area contributed by atoms with Gasteiger partial charge in [0.25, 0.3) is 5.91 Å². The normalized spacial score (nSPS) is 12.2. The minimum absolute atomic E-state index is 0.0223. The molecule has 0 heterocycles. The maximum absolute atomic E-state index is 13.4. The second kappa shape index (κ2) is 6.92. The Bertz CT molecular complexity index is 505. The van der Waals surface area contributed by atoms with Crippen molar-refractivity contribution in [3.8, 4) is 0 Å². The Balaban J connectivity index is 2.83. The fourth-order valence-electron chi connectivity index (χ4n) is 1.66. The molecule has 0 radical (unpaired) electrons. The average molecular weight is 286 g/mol. The Kier molecular flexibility index (Phi) is 5.53. The zero-order valence-corrected chi connectivity index (χ0v) is 11.3. The van der Waals surface area contributed by atoms with E-state index in [1.54, 1.807) is 6.92 Å². The van der Waals surface area contributed by atoms with Crippen molar-refractivity contribution in [3.63, 3.8) is 0 Å². The van der Waals surface area contributed by atoms with Crippen LogP contribution in [0.3, 0.4) is 0 Å². The molecule has 1 amide bonds. The Hall–Kier alpha value is -2.06. The number of hydrogen-bond acceptors (Lipinski definition) is 5. The zero-order chi connectivity index (χ0) is 15.3. The van der Waals surface area contributed by atoms with Crippen LogP contribution in [0.1, 0.15) is 17.3 Å². The van der Waals surface area contributed by atoms with Gasteiger partial charge < -0.3 is 14.8 Å². The molecule has 0 spiro atoms. The minimum atomic E-state index is -1.06. The summed E-state index contributed by atoms with van der Waals surface area (Å²) in [6.45, 7) is 1.65. The van der Waals surface area contributed by atoms with Crippen LogP contribution in [0.2, 0.25) is 0 Å². The molecule has 0 saturated carbocycles. The van der Waals surface area contributed by atoms with E-state index >= 15 is 0 Å². The van der Waals surface area contributed by atoms with Crippen LogP contribution in [0.4, 0.5) is 10.1 Å². The first kappa shape index (κ1) is 16.0. The van der Waals surface area contributed by atoms with Crippen molar-refractivity contribution in [2.45, 2.75) is 19.3 Å². The van der Waals surface area contributed by atoms with Gasteiger partial charge in [0.15, 0.2) is 6.29 Å². The highest BCUT2D eigenvalue weighted by atomic mass is 19.1. The van der Waals surface area contributed by atoms with Crippen molar-refractivity contribution >= 4 is 11.6 Å². The van der Waals surface area contributed by atoms with Crippen LogP contribution in [0.25, 0.3) is 0 Å². The highest BCUT2D eigenvalue weighted by molar-refractivity contribution is 5.94. The van der Waals surface area contributed by atoms with Gasteiger partial charge >= 0.3 is 5.69 Å². The second-order valence-electron chi connectivity index (χ2n) is 4.03. The summed E-state index contributed by atoms with van der Waals surface area (Å²) in [4.78, 5) is 21.5. The van der Waals surface area contributed by atoms with Gasteiger partial charge in [0.2, 0.25) is 5.82 Å². The van der Waals surface area contributed by atoms with Gasteiger partial charge in [-0.05, 0) is 19.1 Å². The molecule has 0 saturated heterocycles. The molecule has 1 atom stereocenters. The van der Waals surface area contributed by atoms with Crippen molar-refractivity contribution < 1.29 is 23.6 Å². The first-order valence-electron chi connectivity index (χ1n) is 5.71. The van der Waals surface area contributed by atoms with Gasteiger partial charge in [-0.1, -0.05) is 0 Å². The van der Waals surface area contributed by atoms with Crippen LogP contribution >= 0.6 is 0 Å². The molecule has 110 valence electrons. The molecule has 0 aliphatic heterocycles. The van der Waals surface area contributed by atoms with Gasteiger partial charge in [-0.15, -0.1) is 0 Å². The topological polar surface area (TPSA) is 90.7 Å². The first-order chi connectivity index (χ1) is 9.40. The van der Waals surface area contributed by atoms with Crippen LogP contribution in [0, 0.1) is 15.9 Å². The van der Waals surface area contributed by atoms with Gasteiger partial charge in [0.05, 0.1) is 11.0 Å². The van der Waals surface area contributed by atoms with E-state index in [1.807, 2.05) is 0 Å². The number of nitro groups is 1. The Morgan fingerprint density at radius 3 is 2.45 bits per heavy atom. The van der Waals surface area contributed by atoms with E-state index in [9.17, 15) is 19.3 Å². The lowest BCUT2D eigenvalue weighted by Crippen LogP contribution is -2.42. The third-order valence-corrected chi connectivity index (χ3v) is 2.64. The molecule has 0 fully saturated rings. The highest BCUT2D eigenvalue weighted by Gasteiger charge is 2.21. The quantitative estimate of drug-likeness (QED) is 0.486. The van der Waals surface area contributed by atoms with Gasteiger partial charge in [0.1, 0.15) is 0 Å². The number of hydrogen-bond donors (Lipinski definition) is 1. The zero-order valence-electron chi connectivity index (χ0n) is 11.3. The number of methoxy groups -OCH3 is 2. The Labute approximate surface area is 114 Å². The third-order valence-electron chi connectivity index (χ3n) is 2.64. The van der Waals surface area contributed by atoms with Gasteiger partial charge in [-0.25, -0.2) is 0 Å². The van der Waals surface area contributed by atoms with E-state index in [1.165, 1.54) is 20.3 Å². The first-order valence-corrected chi connectivity index (χ1v) is 5.71. The van der Waals surface area contributed by atoms with Crippen molar-refractivity contribution in [1.82, 2.24) is 5.32 Å². The lowest BCUT2D eigenvalue weighted by molar-refractivity contribution is -0.387. The average Bonchev–Trinajstić information content (AvgIpc) is 2.39. The van der Waals surface area contributed by atoms with Crippen LogP contribution in [-0.2, 0) is 9.47 Å². The summed E-state index contributed by atoms with van der Waals surface area (Å²) in [6, 6.07) is 2.46. The molecular formula is C12H15FN2O5. The number of benzene rings is 1. The molecule has 8 heteroatoms. The summed E-state index contributed by atoms with van der Waals surface area (Å²) in [6.07, 6.45) is -0.651. The molecule has 0 aliphatic carbocycles. The van der Waals surface area contributed by atoms with Crippen molar-refractivity contribution in [3.05, 3.63) is 39.7 Å². The molecule has 1 aromatic carbocycles. The predicted octanol–water partition coefficient (Wildman–Crippen LogP) is 1.47. The predicted molar refractivity (Wildman–Crippen MR) is 67.8 cm³/mol. The number of nitrogens with one attached hydrogen (secondary N) is 1. The molecule has 1 rings (SSSR count). The van der Waals surface area contributed by atoms with Crippen molar-refractivity contribution in [2.75, 3.05) is 14.2 Å². The van der Waals surface area contributed by atoms with Crippen LogP contribution in [-0.4, -0.2) is 37.4 Å². The molecule has 1 unspecified atom stereocenters. The van der Waals surface area contributed by atoms with E-state index in [0.717, 1.165) is 12.1 Å². The molecule has 0 aliphatic rings. The third kappa shape index (κ3) is 3.72. The Morgan fingerprint density at radius 1 is 1.40 bits per heavy atom. The number of halogens is 1. The number of nitrogens with zero attached hydrogens (tertiary/aromatic N) is 1. The van der Waals surface area contributed by atoms with Gasteiger partial charge in [0, 0.05) is 25.8 Å². The number of carbonyl (C=O) groups is 1. The van der Waals surface area contributed by atoms with Gasteiger partial charge in [-0.3, -0.25) is 14.9 Å². The summed E-state index contributed by atoms with van der Waals surface area (Å²) in [5.74, 6) is -1.64. The minimum Gasteiger partial charge on any atom is -0.354 e. The number of amides is 1. The van der Waals surface area contributed by atoms with Crippen LogP contribution < -0.4 is 5.32 Å². The lowest BCUT2D eigenvalue weighted by atomic mass is 10.1. The second-order valence-corrected chi connectivity index (χ2v) is 4.03. The smallest absolute Gasteiger partial charge is 0.304 e. The van der Waals surface area contributed by atoms with E-state index in [0.29, 0.717) is 0 Å². The number of rotatable bonds is 6. The highest BCUT2D eigenvalue weighted by Crippen LogP contribution is 2.18. The summed E-state index contributed by atoms with van der Waals surface area (Å²) >= 11 is 0. The molecule has 0 bridgehead atoms. The van der Waals surface area contributed by atoms with E-state index in [-0.39, 0.29) is 5.56 Å². The molecule has 1 N–H and O–H groups in total.